The molecule has 1 aromatic heterocycles. The number of likely N-dealkylation sites (tertiary alicyclic amines) is 1. The van der Waals surface area contributed by atoms with Crippen molar-refractivity contribution in [1.29, 1.82) is 0 Å². The lowest BCUT2D eigenvalue weighted by Crippen LogP contribution is -2.58. The standard InChI is InChI=1S/C37H42N6O7/c1-23(44)34-37(49)42(18-25-10-11-25)21-32(45)39-30(16-24-6-3-2-4-7-24)35(47)40-31-20-43(36(48)26-12-14-38-15-13-26)19-29(31)27-8-5-9-28(17-27)50-22-33(46)41-34/h2-9,12-15,17,23,25,29-31,34,44H,10-11,16,18-22H2,1H3,(H,39,45)(H,40,47)(H,41,46)/t23-,29-,30+,31+,34+/m1/s1. The van der Waals surface area contributed by atoms with Crippen LogP contribution in [0, 0.1) is 5.92 Å². The monoisotopic (exact) mass is 682 g/mol. The van der Waals surface area contributed by atoms with Crippen molar-refractivity contribution in [3.8, 4) is 5.75 Å². The van der Waals surface area contributed by atoms with Gasteiger partial charge >= 0.3 is 0 Å². The van der Waals surface area contributed by atoms with E-state index in [2.05, 4.69) is 20.9 Å². The first-order valence-electron chi connectivity index (χ1n) is 17.0. The number of ether oxygens (including phenoxy) is 1. The van der Waals surface area contributed by atoms with E-state index in [1.54, 1.807) is 47.6 Å². The second kappa shape index (κ2) is 15.5. The molecule has 262 valence electrons. The summed E-state index contributed by atoms with van der Waals surface area (Å²) in [5.41, 5.74) is 2.06. The predicted octanol–water partition coefficient (Wildman–Crippen LogP) is 1.03. The third-order valence-electron chi connectivity index (χ3n) is 9.34. The highest BCUT2D eigenvalue weighted by molar-refractivity contribution is 5.95. The zero-order chi connectivity index (χ0) is 35.2. The third kappa shape index (κ3) is 8.64. The quantitative estimate of drug-likeness (QED) is 0.299. The molecule has 2 bridgehead atoms. The Hall–Kier alpha value is -5.30. The summed E-state index contributed by atoms with van der Waals surface area (Å²) in [6, 6.07) is 16.8. The van der Waals surface area contributed by atoms with Crippen LogP contribution in [-0.4, -0.2) is 106 Å². The molecule has 4 N–H and O–H groups in total. The number of carbonyl (C=O) groups is 5. The van der Waals surface area contributed by atoms with Crippen molar-refractivity contribution in [2.24, 2.45) is 5.92 Å². The number of carbonyl (C=O) groups excluding carboxylic acids is 5. The molecule has 1 saturated heterocycles. The number of rotatable bonds is 6. The number of hydrogen-bond donors (Lipinski definition) is 4. The third-order valence-corrected chi connectivity index (χ3v) is 9.34. The van der Waals surface area contributed by atoms with Gasteiger partial charge in [0, 0.05) is 49.9 Å². The first-order chi connectivity index (χ1) is 24.1. The smallest absolute Gasteiger partial charge is 0.258 e. The van der Waals surface area contributed by atoms with Gasteiger partial charge in [-0.25, -0.2) is 0 Å². The Morgan fingerprint density at radius 2 is 1.70 bits per heavy atom. The van der Waals surface area contributed by atoms with Crippen LogP contribution in [0.1, 0.15) is 47.2 Å². The molecular formula is C37H42N6O7. The topological polar surface area (TPSA) is 170 Å². The van der Waals surface area contributed by atoms with Crippen LogP contribution in [0.25, 0.3) is 0 Å². The number of fused-ring (bicyclic) bond motifs is 4. The molecule has 0 unspecified atom stereocenters. The molecule has 13 nitrogen and oxygen atoms in total. The summed E-state index contributed by atoms with van der Waals surface area (Å²) in [4.78, 5) is 75.2. The lowest BCUT2D eigenvalue weighted by Gasteiger charge is -2.30. The van der Waals surface area contributed by atoms with E-state index in [0.29, 0.717) is 17.9 Å². The van der Waals surface area contributed by atoms with Crippen LogP contribution < -0.4 is 20.7 Å². The highest BCUT2D eigenvalue weighted by Gasteiger charge is 2.40. The van der Waals surface area contributed by atoms with Gasteiger partial charge in [0.2, 0.25) is 17.7 Å². The van der Waals surface area contributed by atoms with E-state index in [4.69, 9.17) is 4.74 Å². The molecule has 0 spiro atoms. The Labute approximate surface area is 290 Å². The zero-order valence-corrected chi connectivity index (χ0v) is 27.9. The Morgan fingerprint density at radius 1 is 0.940 bits per heavy atom. The number of aliphatic hydroxyl groups is 1. The minimum absolute atomic E-state index is 0.182. The van der Waals surface area contributed by atoms with Crippen molar-refractivity contribution >= 4 is 29.5 Å². The summed E-state index contributed by atoms with van der Waals surface area (Å²) in [6.07, 6.45) is 3.82. The highest BCUT2D eigenvalue weighted by Crippen LogP contribution is 2.32. The Balaban J connectivity index is 1.34. The van der Waals surface area contributed by atoms with Gasteiger partial charge in [-0.2, -0.15) is 0 Å². The molecule has 2 aromatic carbocycles. The van der Waals surface area contributed by atoms with Crippen LogP contribution in [0.4, 0.5) is 0 Å². The lowest BCUT2D eigenvalue weighted by molar-refractivity contribution is -0.143. The SMILES string of the molecule is C[C@@H](O)[C@@H]1NC(=O)COc2cccc(c2)[C@H]2CN(C(=O)c3ccncc3)C[C@@H]2NC(=O)[C@H](Cc2ccccc2)NC(=O)CN(CC2CC2)C1=O. The molecule has 2 aliphatic heterocycles. The molecule has 2 fully saturated rings. The largest absolute Gasteiger partial charge is 0.484 e. The lowest BCUT2D eigenvalue weighted by atomic mass is 9.93. The summed E-state index contributed by atoms with van der Waals surface area (Å²) in [7, 11) is 0. The Bertz CT molecular complexity index is 1700. The van der Waals surface area contributed by atoms with Gasteiger partial charge in [0.15, 0.2) is 6.61 Å². The van der Waals surface area contributed by atoms with E-state index in [0.717, 1.165) is 24.0 Å². The summed E-state index contributed by atoms with van der Waals surface area (Å²) >= 11 is 0. The van der Waals surface area contributed by atoms with Crippen molar-refractivity contribution < 1.29 is 33.8 Å². The fourth-order valence-corrected chi connectivity index (χ4v) is 6.52. The highest BCUT2D eigenvalue weighted by atomic mass is 16.5. The molecule has 3 aliphatic rings. The van der Waals surface area contributed by atoms with E-state index >= 15 is 0 Å². The van der Waals surface area contributed by atoms with Crippen molar-refractivity contribution in [1.82, 2.24) is 30.7 Å². The fraction of sp³-hybridized carbons (Fsp3) is 0.405. The predicted molar refractivity (Wildman–Crippen MR) is 182 cm³/mol. The van der Waals surface area contributed by atoms with Gasteiger partial charge < -0.3 is 35.6 Å². The van der Waals surface area contributed by atoms with Crippen LogP contribution in [0.5, 0.6) is 5.75 Å². The number of pyridine rings is 1. The molecule has 13 heteroatoms. The molecule has 50 heavy (non-hydrogen) atoms. The molecule has 1 saturated carbocycles. The van der Waals surface area contributed by atoms with Crippen molar-refractivity contribution in [2.75, 3.05) is 32.8 Å². The maximum atomic E-state index is 14.2. The van der Waals surface area contributed by atoms with E-state index in [-0.39, 0.29) is 43.8 Å². The summed E-state index contributed by atoms with van der Waals surface area (Å²) < 4.78 is 5.83. The second-order valence-corrected chi connectivity index (χ2v) is 13.3. The number of amides is 5. The van der Waals surface area contributed by atoms with Gasteiger partial charge in [0.25, 0.3) is 11.8 Å². The van der Waals surface area contributed by atoms with E-state index in [1.807, 2.05) is 36.4 Å². The number of nitrogens with one attached hydrogen (secondary N) is 3. The molecule has 3 aromatic rings. The average molecular weight is 683 g/mol. The minimum atomic E-state index is -1.31. The van der Waals surface area contributed by atoms with E-state index in [1.165, 1.54) is 11.8 Å². The Morgan fingerprint density at radius 3 is 2.42 bits per heavy atom. The van der Waals surface area contributed by atoms with Gasteiger partial charge in [-0.15, -0.1) is 0 Å². The second-order valence-electron chi connectivity index (χ2n) is 13.3. The number of nitrogens with zero attached hydrogens (tertiary/aromatic N) is 3. The molecule has 5 amide bonds. The number of hydrogen-bond acceptors (Lipinski definition) is 8. The van der Waals surface area contributed by atoms with Gasteiger partial charge in [-0.3, -0.25) is 29.0 Å². The summed E-state index contributed by atoms with van der Waals surface area (Å²) in [5, 5.41) is 19.1. The maximum Gasteiger partial charge on any atom is 0.258 e. The number of benzene rings is 2. The molecule has 5 atom stereocenters. The molecular weight excluding hydrogens is 640 g/mol. The van der Waals surface area contributed by atoms with Crippen LogP contribution in [0.3, 0.4) is 0 Å². The zero-order valence-electron chi connectivity index (χ0n) is 27.9. The molecule has 6 rings (SSSR count). The van der Waals surface area contributed by atoms with Gasteiger partial charge in [-0.05, 0) is 61.1 Å². The van der Waals surface area contributed by atoms with Crippen molar-refractivity contribution in [3.63, 3.8) is 0 Å². The number of aliphatic hydroxyl groups excluding tert-OH is 1. The van der Waals surface area contributed by atoms with Crippen LogP contribution in [-0.2, 0) is 25.6 Å². The van der Waals surface area contributed by atoms with Crippen molar-refractivity contribution in [3.05, 3.63) is 95.8 Å². The van der Waals surface area contributed by atoms with Crippen LogP contribution in [0.2, 0.25) is 0 Å². The van der Waals surface area contributed by atoms with E-state index < -0.39 is 54.5 Å². The average Bonchev–Trinajstić information content (AvgIpc) is 3.85. The van der Waals surface area contributed by atoms with Crippen molar-refractivity contribution in [2.45, 2.75) is 56.3 Å². The summed E-state index contributed by atoms with van der Waals surface area (Å²) in [5.74, 6) is -2.18. The van der Waals surface area contributed by atoms with Gasteiger partial charge in [0.05, 0.1) is 18.7 Å². The van der Waals surface area contributed by atoms with Gasteiger partial charge in [-0.1, -0.05) is 42.5 Å². The van der Waals surface area contributed by atoms with Crippen LogP contribution in [0.15, 0.2) is 79.1 Å². The maximum absolute atomic E-state index is 14.2. The minimum Gasteiger partial charge on any atom is -0.484 e. The first kappa shape index (κ1) is 34.6. The van der Waals surface area contributed by atoms with Gasteiger partial charge in [0.1, 0.15) is 17.8 Å². The Kier molecular flexibility index (Phi) is 10.7. The number of aromatic nitrogens is 1. The van der Waals surface area contributed by atoms with Crippen LogP contribution >= 0.6 is 0 Å². The normalized spacial score (nSPS) is 24.1. The fourth-order valence-electron chi connectivity index (χ4n) is 6.52. The molecule has 1 aliphatic carbocycles. The van der Waals surface area contributed by atoms with E-state index in [9.17, 15) is 29.1 Å². The molecule has 3 heterocycles. The first-order valence-corrected chi connectivity index (χ1v) is 17.0. The summed E-state index contributed by atoms with van der Waals surface area (Å²) in [6.45, 7) is 1.38. The molecule has 0 radical (unpaired) electrons.